The largest absolute Gasteiger partial charge is 0.390 e. The number of piperidine rings is 1. The third-order valence-corrected chi connectivity index (χ3v) is 5.40. The quantitative estimate of drug-likeness (QED) is 0.849. The van der Waals surface area contributed by atoms with Crippen molar-refractivity contribution in [3.05, 3.63) is 29.7 Å². The van der Waals surface area contributed by atoms with Gasteiger partial charge in [-0.15, -0.1) is 0 Å². The zero-order valence-electron chi connectivity index (χ0n) is 13.8. The van der Waals surface area contributed by atoms with E-state index in [1.807, 2.05) is 17.9 Å². The predicted octanol–water partition coefficient (Wildman–Crippen LogP) is 1.18. The van der Waals surface area contributed by atoms with E-state index in [1.54, 1.807) is 16.9 Å². The van der Waals surface area contributed by atoms with Gasteiger partial charge < -0.3 is 14.7 Å². The fraction of sp³-hybridized carbons (Fsp3) is 0.588. The summed E-state index contributed by atoms with van der Waals surface area (Å²) in [5.41, 5.74) is 1.64. The van der Waals surface area contributed by atoms with Gasteiger partial charge in [0, 0.05) is 32.0 Å². The Morgan fingerprint density at radius 3 is 2.96 bits per heavy atom. The molecule has 2 aliphatic heterocycles. The van der Waals surface area contributed by atoms with Crippen LogP contribution in [-0.2, 0) is 4.74 Å². The van der Waals surface area contributed by atoms with Gasteiger partial charge in [-0.1, -0.05) is 0 Å². The summed E-state index contributed by atoms with van der Waals surface area (Å²) in [5, 5.41) is 14.5. The van der Waals surface area contributed by atoms with E-state index in [-0.39, 0.29) is 5.91 Å². The second kappa shape index (κ2) is 5.82. The maximum atomic E-state index is 12.9. The first-order valence-electron chi connectivity index (χ1n) is 8.51. The number of nitrogens with zero attached hydrogens (tertiary/aromatic N) is 4. The molecule has 2 saturated heterocycles. The van der Waals surface area contributed by atoms with Crippen molar-refractivity contribution in [2.45, 2.75) is 44.3 Å². The SMILES string of the molecule is Cc1c(C(=O)N2CCC3(CC2)OCCC[C@@H]3O)cnc2ccnn12. The van der Waals surface area contributed by atoms with Crippen LogP contribution in [-0.4, -0.2) is 61.9 Å². The molecule has 0 aliphatic carbocycles. The van der Waals surface area contributed by atoms with Crippen LogP contribution in [0.5, 0.6) is 0 Å². The molecular formula is C17H22N4O3. The molecule has 0 radical (unpaired) electrons. The van der Waals surface area contributed by atoms with Crippen molar-refractivity contribution in [3.8, 4) is 0 Å². The molecule has 1 atom stereocenters. The first kappa shape index (κ1) is 15.5. The Kier molecular flexibility index (Phi) is 3.77. The molecule has 2 aromatic heterocycles. The molecule has 0 unspecified atom stereocenters. The number of carbonyl (C=O) groups is 1. The van der Waals surface area contributed by atoms with Crippen molar-refractivity contribution >= 4 is 11.6 Å². The van der Waals surface area contributed by atoms with Gasteiger partial charge in [0.15, 0.2) is 5.65 Å². The molecule has 0 aromatic carbocycles. The molecule has 2 aliphatic rings. The molecule has 24 heavy (non-hydrogen) atoms. The Labute approximate surface area is 140 Å². The number of aliphatic hydroxyl groups is 1. The third kappa shape index (κ3) is 2.39. The van der Waals surface area contributed by atoms with Crippen LogP contribution in [0.15, 0.2) is 18.5 Å². The fourth-order valence-corrected chi connectivity index (χ4v) is 3.85. The highest BCUT2D eigenvalue weighted by Crippen LogP contribution is 2.35. The molecule has 2 fully saturated rings. The second-order valence-corrected chi connectivity index (χ2v) is 6.72. The highest BCUT2D eigenvalue weighted by molar-refractivity contribution is 5.95. The van der Waals surface area contributed by atoms with Crippen LogP contribution in [0.3, 0.4) is 0 Å². The molecule has 7 nitrogen and oxygen atoms in total. The van der Waals surface area contributed by atoms with Crippen LogP contribution >= 0.6 is 0 Å². The minimum Gasteiger partial charge on any atom is -0.390 e. The maximum absolute atomic E-state index is 12.9. The molecule has 7 heteroatoms. The zero-order chi connectivity index (χ0) is 16.7. The number of fused-ring (bicyclic) bond motifs is 1. The van der Waals surface area contributed by atoms with Crippen LogP contribution < -0.4 is 0 Å². The summed E-state index contributed by atoms with van der Waals surface area (Å²) >= 11 is 0. The number of hydrogen-bond donors (Lipinski definition) is 1. The van der Waals surface area contributed by atoms with Gasteiger partial charge in [-0.2, -0.15) is 5.10 Å². The lowest BCUT2D eigenvalue weighted by atomic mass is 9.82. The van der Waals surface area contributed by atoms with E-state index in [0.29, 0.717) is 38.1 Å². The number of aryl methyl sites for hydroxylation is 1. The average Bonchev–Trinajstić information content (AvgIpc) is 3.08. The van der Waals surface area contributed by atoms with Gasteiger partial charge in [0.1, 0.15) is 0 Å². The smallest absolute Gasteiger partial charge is 0.257 e. The summed E-state index contributed by atoms with van der Waals surface area (Å²) in [6.07, 6.45) is 5.92. The summed E-state index contributed by atoms with van der Waals surface area (Å²) in [6, 6.07) is 1.81. The summed E-state index contributed by atoms with van der Waals surface area (Å²) in [6.45, 7) is 3.76. The van der Waals surface area contributed by atoms with Gasteiger partial charge >= 0.3 is 0 Å². The minimum absolute atomic E-state index is 0.0300. The lowest BCUT2D eigenvalue weighted by Gasteiger charge is -2.46. The highest BCUT2D eigenvalue weighted by Gasteiger charge is 2.44. The molecule has 128 valence electrons. The predicted molar refractivity (Wildman–Crippen MR) is 86.8 cm³/mol. The average molecular weight is 330 g/mol. The van der Waals surface area contributed by atoms with Crippen molar-refractivity contribution in [3.63, 3.8) is 0 Å². The molecule has 4 rings (SSSR count). The number of rotatable bonds is 1. The first-order chi connectivity index (χ1) is 11.6. The maximum Gasteiger partial charge on any atom is 0.257 e. The van der Waals surface area contributed by atoms with Gasteiger partial charge in [-0.25, -0.2) is 9.50 Å². The second-order valence-electron chi connectivity index (χ2n) is 6.72. The fourth-order valence-electron chi connectivity index (χ4n) is 3.85. The van der Waals surface area contributed by atoms with Crippen molar-refractivity contribution in [1.29, 1.82) is 0 Å². The van der Waals surface area contributed by atoms with E-state index in [4.69, 9.17) is 4.74 Å². The molecule has 4 heterocycles. The van der Waals surface area contributed by atoms with E-state index in [1.165, 1.54) is 0 Å². The Bertz CT molecular complexity index is 764. The van der Waals surface area contributed by atoms with Gasteiger partial charge in [0.25, 0.3) is 5.91 Å². The van der Waals surface area contributed by atoms with Gasteiger partial charge in [0.2, 0.25) is 0 Å². The lowest BCUT2D eigenvalue weighted by Crippen LogP contribution is -2.56. The molecular weight excluding hydrogens is 308 g/mol. The first-order valence-corrected chi connectivity index (χ1v) is 8.51. The van der Waals surface area contributed by atoms with Crippen LogP contribution in [0.25, 0.3) is 5.65 Å². The molecule has 1 N–H and O–H groups in total. The molecule has 0 bridgehead atoms. The summed E-state index contributed by atoms with van der Waals surface area (Å²) in [5.74, 6) is -0.0300. The van der Waals surface area contributed by atoms with Gasteiger partial charge in [-0.05, 0) is 32.6 Å². The normalized spacial score (nSPS) is 23.8. The van der Waals surface area contributed by atoms with Crippen molar-refractivity contribution < 1.29 is 14.6 Å². The van der Waals surface area contributed by atoms with Crippen LogP contribution in [0.4, 0.5) is 0 Å². The van der Waals surface area contributed by atoms with E-state index < -0.39 is 11.7 Å². The van der Waals surface area contributed by atoms with Crippen molar-refractivity contribution in [1.82, 2.24) is 19.5 Å². The minimum atomic E-state index is -0.464. The Morgan fingerprint density at radius 2 is 2.21 bits per heavy atom. The number of aromatic nitrogens is 3. The monoisotopic (exact) mass is 330 g/mol. The number of ether oxygens (including phenoxy) is 1. The number of likely N-dealkylation sites (tertiary alicyclic amines) is 1. The topological polar surface area (TPSA) is 80.0 Å². The van der Waals surface area contributed by atoms with E-state index in [9.17, 15) is 9.90 Å². The van der Waals surface area contributed by atoms with Gasteiger partial charge in [0.05, 0.1) is 29.2 Å². The summed E-state index contributed by atoms with van der Waals surface area (Å²) in [4.78, 5) is 19.0. The van der Waals surface area contributed by atoms with E-state index in [2.05, 4.69) is 10.1 Å². The number of hydrogen-bond acceptors (Lipinski definition) is 5. The number of amides is 1. The Hall–Kier alpha value is -1.99. The van der Waals surface area contributed by atoms with Gasteiger partial charge in [-0.3, -0.25) is 4.79 Å². The Balaban J connectivity index is 1.52. The molecule has 1 amide bonds. The highest BCUT2D eigenvalue weighted by atomic mass is 16.5. The van der Waals surface area contributed by atoms with Crippen molar-refractivity contribution in [2.75, 3.05) is 19.7 Å². The molecule has 0 saturated carbocycles. The van der Waals surface area contributed by atoms with Crippen LogP contribution in [0.2, 0.25) is 0 Å². The number of carbonyl (C=O) groups excluding carboxylic acids is 1. The molecule has 2 aromatic rings. The third-order valence-electron chi connectivity index (χ3n) is 5.40. The lowest BCUT2D eigenvalue weighted by molar-refractivity contribution is -0.174. The van der Waals surface area contributed by atoms with Crippen LogP contribution in [0, 0.1) is 6.92 Å². The number of aliphatic hydroxyl groups excluding tert-OH is 1. The van der Waals surface area contributed by atoms with E-state index in [0.717, 1.165) is 24.2 Å². The van der Waals surface area contributed by atoms with E-state index >= 15 is 0 Å². The summed E-state index contributed by atoms with van der Waals surface area (Å²) in [7, 11) is 0. The molecule has 1 spiro atoms. The van der Waals surface area contributed by atoms with Crippen molar-refractivity contribution in [2.24, 2.45) is 0 Å². The van der Waals surface area contributed by atoms with Crippen LogP contribution in [0.1, 0.15) is 41.7 Å². The Morgan fingerprint density at radius 1 is 1.42 bits per heavy atom. The standard InChI is InChI=1S/C17H22N4O3/c1-12-13(11-18-15-4-7-19-21(12)15)16(23)20-8-5-17(6-9-20)14(22)3-2-10-24-17/h4,7,11,14,22H,2-3,5-6,8-10H2,1H3/t14-/m0/s1. The zero-order valence-corrected chi connectivity index (χ0v) is 13.8. The summed E-state index contributed by atoms with van der Waals surface area (Å²) < 4.78 is 7.60.